The molecule has 0 amide bonds. The number of nitrogens with two attached hydrogens (primary N) is 1. The Hall–Kier alpha value is -0.0800. The second-order valence-electron chi connectivity index (χ2n) is 7.68. The van der Waals surface area contributed by atoms with Crippen molar-refractivity contribution in [2.24, 2.45) is 40.7 Å². The van der Waals surface area contributed by atoms with E-state index in [9.17, 15) is 5.11 Å². The zero-order chi connectivity index (χ0) is 12.2. The average Bonchev–Trinajstić information content (AvgIpc) is 2.27. The quantitative estimate of drug-likeness (QED) is 0.792. The Morgan fingerprint density at radius 3 is 1.94 bits per heavy atom. The smallest absolute Gasteiger partial charge is 0.0497 e. The summed E-state index contributed by atoms with van der Waals surface area (Å²) in [4.78, 5) is 0. The lowest BCUT2D eigenvalue weighted by Crippen LogP contribution is -2.56. The molecule has 0 radical (unpaired) electrons. The third kappa shape index (κ3) is 1.84. The van der Waals surface area contributed by atoms with E-state index in [2.05, 4.69) is 13.8 Å². The van der Waals surface area contributed by atoms with E-state index >= 15 is 0 Å². The predicted octanol–water partition coefficient (Wildman–Crippen LogP) is 2.40. The van der Waals surface area contributed by atoms with Gasteiger partial charge in [-0.05, 0) is 61.7 Å². The summed E-state index contributed by atoms with van der Waals surface area (Å²) in [5, 5.41) is 9.54. The van der Waals surface area contributed by atoms with Crippen LogP contribution >= 0.6 is 0 Å². The molecule has 0 aromatic carbocycles. The second-order valence-corrected chi connectivity index (χ2v) is 7.68. The summed E-state index contributed by atoms with van der Waals surface area (Å²) >= 11 is 0. The van der Waals surface area contributed by atoms with Crippen LogP contribution < -0.4 is 5.73 Å². The molecule has 0 spiro atoms. The first-order chi connectivity index (χ1) is 8.01. The van der Waals surface area contributed by atoms with Gasteiger partial charge in [-0.2, -0.15) is 0 Å². The van der Waals surface area contributed by atoms with E-state index in [0.717, 1.165) is 23.7 Å². The van der Waals surface area contributed by atoms with Gasteiger partial charge in [0.05, 0.1) is 0 Å². The molecule has 2 nitrogen and oxygen atoms in total. The molecule has 0 aromatic heterocycles. The first-order valence-corrected chi connectivity index (χ1v) is 7.37. The van der Waals surface area contributed by atoms with Crippen molar-refractivity contribution in [2.45, 2.75) is 52.0 Å². The van der Waals surface area contributed by atoms with Crippen molar-refractivity contribution in [3.05, 3.63) is 0 Å². The van der Waals surface area contributed by atoms with Gasteiger partial charge >= 0.3 is 0 Å². The van der Waals surface area contributed by atoms with Gasteiger partial charge in [0.25, 0.3) is 0 Å². The molecule has 4 aliphatic rings. The second kappa shape index (κ2) is 3.96. The molecule has 0 heterocycles. The summed E-state index contributed by atoms with van der Waals surface area (Å²) in [6.07, 6.45) is 7.19. The molecule has 4 fully saturated rings. The summed E-state index contributed by atoms with van der Waals surface area (Å²) < 4.78 is 0. The van der Waals surface area contributed by atoms with Gasteiger partial charge in [0.1, 0.15) is 0 Å². The number of rotatable bonds is 3. The highest BCUT2D eigenvalue weighted by atomic mass is 16.3. The molecule has 0 aliphatic heterocycles. The van der Waals surface area contributed by atoms with E-state index in [0.29, 0.717) is 5.92 Å². The van der Waals surface area contributed by atoms with Crippen molar-refractivity contribution >= 4 is 0 Å². The van der Waals surface area contributed by atoms with Gasteiger partial charge in [0.15, 0.2) is 0 Å². The van der Waals surface area contributed by atoms with Gasteiger partial charge in [-0.15, -0.1) is 0 Å². The standard InChI is InChI=1S/C15H27NO/c1-15(2,8-17)14(16)13-11-4-9-3-10(6-11)7-12(13)5-9/h9-14,17H,3-8,16H2,1-2H3. The van der Waals surface area contributed by atoms with Gasteiger partial charge in [-0.1, -0.05) is 13.8 Å². The average molecular weight is 237 g/mol. The number of hydrogen-bond acceptors (Lipinski definition) is 2. The molecular weight excluding hydrogens is 210 g/mol. The first kappa shape index (κ1) is 12.0. The van der Waals surface area contributed by atoms with Crippen LogP contribution in [0.25, 0.3) is 0 Å². The SMILES string of the molecule is CC(C)(CO)C(N)C1C2CC3CC(C2)CC1C3. The molecular formula is C15H27NO. The van der Waals surface area contributed by atoms with Crippen LogP contribution in [0.2, 0.25) is 0 Å². The summed E-state index contributed by atoms with van der Waals surface area (Å²) in [5.41, 5.74) is 6.42. The lowest BCUT2D eigenvalue weighted by molar-refractivity contribution is -0.0689. The van der Waals surface area contributed by atoms with E-state index in [1.807, 2.05) is 0 Å². The zero-order valence-corrected chi connectivity index (χ0v) is 11.2. The molecule has 3 N–H and O–H groups in total. The van der Waals surface area contributed by atoms with Crippen molar-refractivity contribution in [3.63, 3.8) is 0 Å². The van der Waals surface area contributed by atoms with E-state index in [-0.39, 0.29) is 18.1 Å². The molecule has 4 aliphatic carbocycles. The van der Waals surface area contributed by atoms with E-state index in [1.165, 1.54) is 32.1 Å². The molecule has 4 rings (SSSR count). The van der Waals surface area contributed by atoms with Crippen LogP contribution in [0, 0.1) is 35.0 Å². The molecule has 0 saturated heterocycles. The van der Waals surface area contributed by atoms with E-state index < -0.39 is 0 Å². The van der Waals surface area contributed by atoms with Gasteiger partial charge in [-0.25, -0.2) is 0 Å². The van der Waals surface area contributed by atoms with Crippen LogP contribution in [0.15, 0.2) is 0 Å². The Kier molecular flexibility index (Phi) is 2.79. The maximum Gasteiger partial charge on any atom is 0.0497 e. The minimum Gasteiger partial charge on any atom is -0.396 e. The topological polar surface area (TPSA) is 46.2 Å². The van der Waals surface area contributed by atoms with E-state index in [1.54, 1.807) is 0 Å². The number of aliphatic hydroxyl groups is 1. The van der Waals surface area contributed by atoms with Crippen LogP contribution in [-0.2, 0) is 0 Å². The molecule has 1 unspecified atom stereocenters. The van der Waals surface area contributed by atoms with Gasteiger partial charge < -0.3 is 10.8 Å². The Labute approximate surface area is 105 Å². The highest BCUT2D eigenvalue weighted by Gasteiger charge is 2.51. The summed E-state index contributed by atoms with van der Waals surface area (Å²) in [6, 6.07) is 0.183. The van der Waals surface area contributed by atoms with Gasteiger partial charge in [0.2, 0.25) is 0 Å². The Morgan fingerprint density at radius 1 is 1.06 bits per heavy atom. The van der Waals surface area contributed by atoms with E-state index in [4.69, 9.17) is 5.73 Å². The lowest BCUT2D eigenvalue weighted by atomic mass is 9.49. The normalized spacial score (nSPS) is 46.2. The third-order valence-corrected chi connectivity index (χ3v) is 6.02. The predicted molar refractivity (Wildman–Crippen MR) is 69.4 cm³/mol. The van der Waals surface area contributed by atoms with Crippen LogP contribution in [0.4, 0.5) is 0 Å². The maximum absolute atomic E-state index is 9.54. The Balaban J connectivity index is 1.80. The summed E-state index contributed by atoms with van der Waals surface area (Å²) in [7, 11) is 0. The fraction of sp³-hybridized carbons (Fsp3) is 1.00. The van der Waals surface area contributed by atoms with Crippen molar-refractivity contribution < 1.29 is 5.11 Å². The molecule has 98 valence electrons. The van der Waals surface area contributed by atoms with Crippen LogP contribution in [0.3, 0.4) is 0 Å². The highest BCUT2D eigenvalue weighted by molar-refractivity contribution is 5.03. The fourth-order valence-electron chi connectivity index (χ4n) is 5.18. The maximum atomic E-state index is 9.54. The van der Waals surface area contributed by atoms with Crippen molar-refractivity contribution in [2.75, 3.05) is 6.61 Å². The Bertz CT molecular complexity index is 271. The minimum atomic E-state index is -0.111. The van der Waals surface area contributed by atoms with Crippen molar-refractivity contribution in [1.82, 2.24) is 0 Å². The Morgan fingerprint density at radius 2 is 1.53 bits per heavy atom. The van der Waals surface area contributed by atoms with Crippen LogP contribution in [0.1, 0.15) is 46.0 Å². The van der Waals surface area contributed by atoms with Crippen molar-refractivity contribution in [1.29, 1.82) is 0 Å². The summed E-state index contributed by atoms with van der Waals surface area (Å²) in [6.45, 7) is 4.47. The third-order valence-electron chi connectivity index (χ3n) is 6.02. The lowest BCUT2D eigenvalue weighted by Gasteiger charge is -2.57. The molecule has 2 heteroatoms. The number of aliphatic hydroxyl groups excluding tert-OH is 1. The van der Waals surface area contributed by atoms with Crippen LogP contribution in [0.5, 0.6) is 0 Å². The largest absolute Gasteiger partial charge is 0.396 e. The first-order valence-electron chi connectivity index (χ1n) is 7.37. The van der Waals surface area contributed by atoms with Gasteiger partial charge in [0, 0.05) is 18.1 Å². The molecule has 17 heavy (non-hydrogen) atoms. The molecule has 4 saturated carbocycles. The van der Waals surface area contributed by atoms with Gasteiger partial charge in [-0.3, -0.25) is 0 Å². The monoisotopic (exact) mass is 237 g/mol. The number of hydrogen-bond donors (Lipinski definition) is 2. The molecule has 4 bridgehead atoms. The fourth-order valence-corrected chi connectivity index (χ4v) is 5.18. The molecule has 1 atom stereocenters. The molecule has 0 aromatic rings. The summed E-state index contributed by atoms with van der Waals surface area (Å²) in [5.74, 6) is 4.44. The zero-order valence-electron chi connectivity index (χ0n) is 11.2. The van der Waals surface area contributed by atoms with Crippen molar-refractivity contribution in [3.8, 4) is 0 Å². The minimum absolute atomic E-state index is 0.111. The van der Waals surface area contributed by atoms with Crippen LogP contribution in [-0.4, -0.2) is 17.8 Å². The highest BCUT2D eigenvalue weighted by Crippen LogP contribution is 2.58.